The Balaban J connectivity index is 1.69. The van der Waals surface area contributed by atoms with Crippen molar-refractivity contribution >= 4 is 48.9 Å². The number of rotatable bonds is 1. The molecule has 0 unspecified atom stereocenters. The molecule has 0 saturated carbocycles. The summed E-state index contributed by atoms with van der Waals surface area (Å²) in [6, 6.07) is 32.9. The van der Waals surface area contributed by atoms with Crippen LogP contribution in [0.3, 0.4) is 0 Å². The standard InChI is InChI=1S/C31H20N2/c1-18-13-20(17-32)14-19(2)29(18)22-11-12-28-26(16-22)30-23-8-4-3-7-21(23)15-25-24-9-5-6-10-27(24)33(28)31(25)30/h3-16H,1-2H3. The lowest BCUT2D eigenvalue weighted by molar-refractivity contribution is 1.35. The predicted octanol–water partition coefficient (Wildman–Crippen LogP) is 8.15. The quantitative estimate of drug-likeness (QED) is 0.263. The average molecular weight is 421 g/mol. The maximum atomic E-state index is 9.37. The molecule has 2 nitrogen and oxygen atoms in total. The number of aryl methyl sites for hydroxylation is 2. The smallest absolute Gasteiger partial charge is 0.0991 e. The van der Waals surface area contributed by atoms with Gasteiger partial charge in [0.1, 0.15) is 0 Å². The summed E-state index contributed by atoms with van der Waals surface area (Å²) in [5.41, 5.74) is 9.19. The summed E-state index contributed by atoms with van der Waals surface area (Å²) in [6.07, 6.45) is 0. The number of fused-ring (bicyclic) bond motifs is 8. The Bertz CT molecular complexity index is 1920. The minimum Gasteiger partial charge on any atom is -0.308 e. The average Bonchev–Trinajstić information content (AvgIpc) is 3.34. The van der Waals surface area contributed by atoms with Gasteiger partial charge in [0.25, 0.3) is 0 Å². The third-order valence-electron chi connectivity index (χ3n) is 7.14. The molecule has 154 valence electrons. The number of hydrogen-bond donors (Lipinski definition) is 0. The van der Waals surface area contributed by atoms with Gasteiger partial charge in [0, 0.05) is 21.5 Å². The molecule has 0 saturated heterocycles. The van der Waals surface area contributed by atoms with Gasteiger partial charge in [-0.05, 0) is 83.3 Å². The number of nitrogens with zero attached hydrogens (tertiary/aromatic N) is 2. The van der Waals surface area contributed by atoms with Gasteiger partial charge in [-0.25, -0.2) is 0 Å². The normalized spacial score (nSPS) is 11.9. The molecule has 0 aliphatic carbocycles. The largest absolute Gasteiger partial charge is 0.308 e. The Morgan fingerprint density at radius 3 is 2.15 bits per heavy atom. The first kappa shape index (κ1) is 18.2. The van der Waals surface area contributed by atoms with E-state index in [4.69, 9.17) is 0 Å². The summed E-state index contributed by atoms with van der Waals surface area (Å²) < 4.78 is 2.43. The van der Waals surface area contributed by atoms with Gasteiger partial charge in [-0.15, -0.1) is 0 Å². The molecule has 0 aliphatic heterocycles. The van der Waals surface area contributed by atoms with Crippen LogP contribution in [0.15, 0.2) is 84.9 Å². The number of nitriles is 1. The third-order valence-corrected chi connectivity index (χ3v) is 7.14. The third kappa shape index (κ3) is 2.31. The van der Waals surface area contributed by atoms with E-state index in [9.17, 15) is 5.26 Å². The fourth-order valence-electron chi connectivity index (χ4n) is 5.88. The number of hydrogen-bond acceptors (Lipinski definition) is 1. The van der Waals surface area contributed by atoms with Crippen LogP contribution in [0.5, 0.6) is 0 Å². The second-order valence-electron chi connectivity index (χ2n) is 9.05. The Hall–Kier alpha value is -4.35. The topological polar surface area (TPSA) is 28.2 Å². The van der Waals surface area contributed by atoms with Gasteiger partial charge in [0.05, 0.1) is 28.2 Å². The van der Waals surface area contributed by atoms with Crippen LogP contribution in [0.4, 0.5) is 0 Å². The molecule has 0 spiro atoms. The Labute approximate surface area is 191 Å². The first-order valence-corrected chi connectivity index (χ1v) is 11.3. The zero-order valence-electron chi connectivity index (χ0n) is 18.5. The molecule has 33 heavy (non-hydrogen) atoms. The predicted molar refractivity (Wildman–Crippen MR) is 138 cm³/mol. The fourth-order valence-corrected chi connectivity index (χ4v) is 5.88. The SMILES string of the molecule is Cc1cc(C#N)cc(C)c1-c1ccc2c(c1)c1c3ccccc3cc3c4ccccc4n2c31. The van der Waals surface area contributed by atoms with Gasteiger partial charge in [0.2, 0.25) is 0 Å². The van der Waals surface area contributed by atoms with E-state index in [-0.39, 0.29) is 0 Å². The highest BCUT2D eigenvalue weighted by Crippen LogP contribution is 2.44. The molecule has 0 N–H and O–H groups in total. The van der Waals surface area contributed by atoms with Crippen molar-refractivity contribution in [3.8, 4) is 17.2 Å². The van der Waals surface area contributed by atoms with Gasteiger partial charge in [-0.2, -0.15) is 5.26 Å². The number of aromatic nitrogens is 1. The molecule has 0 fully saturated rings. The summed E-state index contributed by atoms with van der Waals surface area (Å²) in [6.45, 7) is 4.20. The molecule has 0 amide bonds. The van der Waals surface area contributed by atoms with Crippen LogP contribution in [0, 0.1) is 25.2 Å². The van der Waals surface area contributed by atoms with Crippen molar-refractivity contribution in [2.45, 2.75) is 13.8 Å². The second kappa shape index (κ2) is 6.34. The van der Waals surface area contributed by atoms with Crippen LogP contribution in [0.25, 0.3) is 60.0 Å². The number of para-hydroxylation sites is 1. The van der Waals surface area contributed by atoms with Crippen molar-refractivity contribution in [1.82, 2.24) is 4.40 Å². The zero-order valence-corrected chi connectivity index (χ0v) is 18.5. The van der Waals surface area contributed by atoms with Crippen LogP contribution in [0.2, 0.25) is 0 Å². The van der Waals surface area contributed by atoms with Crippen molar-refractivity contribution in [3.05, 3.63) is 102 Å². The fraction of sp³-hybridized carbons (Fsp3) is 0.0645. The van der Waals surface area contributed by atoms with Crippen LogP contribution in [-0.2, 0) is 0 Å². The van der Waals surface area contributed by atoms with Crippen LogP contribution >= 0.6 is 0 Å². The minimum absolute atomic E-state index is 0.716. The molecule has 0 atom stereocenters. The maximum absolute atomic E-state index is 9.37. The Morgan fingerprint density at radius 2 is 1.36 bits per heavy atom. The molecule has 2 aromatic heterocycles. The molecule has 7 rings (SSSR count). The lowest BCUT2D eigenvalue weighted by Crippen LogP contribution is -1.91. The van der Waals surface area contributed by atoms with E-state index in [1.165, 1.54) is 60.0 Å². The van der Waals surface area contributed by atoms with Crippen molar-refractivity contribution in [2.24, 2.45) is 0 Å². The van der Waals surface area contributed by atoms with E-state index < -0.39 is 0 Å². The van der Waals surface area contributed by atoms with E-state index in [1.807, 2.05) is 12.1 Å². The Morgan fingerprint density at radius 1 is 0.667 bits per heavy atom. The lowest BCUT2D eigenvalue weighted by atomic mass is 9.92. The van der Waals surface area contributed by atoms with Crippen LogP contribution in [-0.4, -0.2) is 4.40 Å². The van der Waals surface area contributed by atoms with Crippen molar-refractivity contribution in [1.29, 1.82) is 5.26 Å². The van der Waals surface area contributed by atoms with E-state index in [2.05, 4.69) is 97.1 Å². The highest BCUT2D eigenvalue weighted by atomic mass is 14.9. The van der Waals surface area contributed by atoms with Crippen molar-refractivity contribution in [3.63, 3.8) is 0 Å². The molecule has 2 heteroatoms. The highest BCUT2D eigenvalue weighted by Gasteiger charge is 2.20. The van der Waals surface area contributed by atoms with Gasteiger partial charge in [0.15, 0.2) is 0 Å². The monoisotopic (exact) mass is 420 g/mol. The van der Waals surface area contributed by atoms with E-state index >= 15 is 0 Å². The molecule has 0 bridgehead atoms. The van der Waals surface area contributed by atoms with Gasteiger partial charge in [-0.3, -0.25) is 0 Å². The van der Waals surface area contributed by atoms with Crippen molar-refractivity contribution < 1.29 is 0 Å². The molecule has 7 aromatic rings. The first-order chi connectivity index (χ1) is 16.2. The maximum Gasteiger partial charge on any atom is 0.0991 e. The number of benzene rings is 5. The summed E-state index contributed by atoms with van der Waals surface area (Å²) in [5, 5.41) is 17.1. The van der Waals surface area contributed by atoms with E-state index in [0.29, 0.717) is 5.56 Å². The van der Waals surface area contributed by atoms with E-state index in [1.54, 1.807) is 0 Å². The molecule has 2 heterocycles. The summed E-state index contributed by atoms with van der Waals surface area (Å²) in [7, 11) is 0. The molecular weight excluding hydrogens is 400 g/mol. The van der Waals surface area contributed by atoms with Gasteiger partial charge < -0.3 is 4.40 Å². The molecule has 0 radical (unpaired) electrons. The Kier molecular flexibility index (Phi) is 3.51. The summed E-state index contributed by atoms with van der Waals surface area (Å²) in [5.74, 6) is 0. The highest BCUT2D eigenvalue weighted by molar-refractivity contribution is 6.31. The van der Waals surface area contributed by atoms with Crippen LogP contribution < -0.4 is 0 Å². The van der Waals surface area contributed by atoms with E-state index in [0.717, 1.165) is 11.1 Å². The molecule has 5 aromatic carbocycles. The second-order valence-corrected chi connectivity index (χ2v) is 9.05. The summed E-state index contributed by atoms with van der Waals surface area (Å²) >= 11 is 0. The first-order valence-electron chi connectivity index (χ1n) is 11.3. The summed E-state index contributed by atoms with van der Waals surface area (Å²) in [4.78, 5) is 0. The molecular formula is C31H20N2. The van der Waals surface area contributed by atoms with Crippen molar-refractivity contribution in [2.75, 3.05) is 0 Å². The van der Waals surface area contributed by atoms with Gasteiger partial charge in [-0.1, -0.05) is 48.5 Å². The lowest BCUT2D eigenvalue weighted by Gasteiger charge is -2.11. The van der Waals surface area contributed by atoms with Gasteiger partial charge >= 0.3 is 0 Å². The zero-order chi connectivity index (χ0) is 22.3. The molecule has 0 aliphatic rings. The van der Waals surface area contributed by atoms with Crippen LogP contribution in [0.1, 0.15) is 16.7 Å². The minimum atomic E-state index is 0.716.